The summed E-state index contributed by atoms with van der Waals surface area (Å²) in [5.41, 5.74) is 2.03. The molecule has 1 atom stereocenters. The Balaban J connectivity index is 1.79. The molecule has 3 rings (SSSR count). The number of nitrogens with one attached hydrogen (secondary N) is 2. The molecular weight excluding hydrogens is 198 g/mol. The number of aryl methyl sites for hydroxylation is 1. The maximum Gasteiger partial charge on any atom is 0.0405 e. The fraction of sp³-hybridized carbons (Fsp3) is 0.692. The highest BCUT2D eigenvalue weighted by atomic mass is 15.1. The summed E-state index contributed by atoms with van der Waals surface area (Å²) < 4.78 is 2.27. The molecule has 0 aromatic carbocycles. The van der Waals surface area contributed by atoms with Gasteiger partial charge in [-0.1, -0.05) is 0 Å². The van der Waals surface area contributed by atoms with Gasteiger partial charge in [0.05, 0.1) is 0 Å². The SMILES string of the molecule is CCn1ccc([C@H]2NCC23CCNCC3)c1. The molecule has 0 amide bonds. The van der Waals surface area contributed by atoms with Gasteiger partial charge in [0.25, 0.3) is 0 Å². The smallest absolute Gasteiger partial charge is 0.0405 e. The molecule has 3 nitrogen and oxygen atoms in total. The lowest BCUT2D eigenvalue weighted by Gasteiger charge is -2.53. The van der Waals surface area contributed by atoms with E-state index in [9.17, 15) is 0 Å². The normalized spacial score (nSPS) is 27.9. The molecule has 88 valence electrons. The molecule has 16 heavy (non-hydrogen) atoms. The Bertz CT molecular complexity index is 363. The van der Waals surface area contributed by atoms with Crippen LogP contribution in [0.5, 0.6) is 0 Å². The highest BCUT2D eigenvalue weighted by molar-refractivity contribution is 5.23. The van der Waals surface area contributed by atoms with Crippen molar-refractivity contribution < 1.29 is 0 Å². The number of aromatic nitrogens is 1. The first-order valence-corrected chi connectivity index (χ1v) is 6.44. The van der Waals surface area contributed by atoms with Crippen molar-refractivity contribution >= 4 is 0 Å². The van der Waals surface area contributed by atoms with Crippen molar-refractivity contribution in [1.82, 2.24) is 15.2 Å². The molecule has 2 fully saturated rings. The van der Waals surface area contributed by atoms with E-state index < -0.39 is 0 Å². The van der Waals surface area contributed by atoms with Crippen molar-refractivity contribution in [2.24, 2.45) is 5.41 Å². The molecule has 2 saturated heterocycles. The van der Waals surface area contributed by atoms with Crippen molar-refractivity contribution in [2.45, 2.75) is 32.4 Å². The third kappa shape index (κ3) is 1.50. The first kappa shape index (κ1) is 10.4. The summed E-state index contributed by atoms with van der Waals surface area (Å²) >= 11 is 0. The van der Waals surface area contributed by atoms with Gasteiger partial charge in [-0.2, -0.15) is 0 Å². The second kappa shape index (κ2) is 3.90. The largest absolute Gasteiger partial charge is 0.354 e. The third-order valence-corrected chi connectivity index (χ3v) is 4.34. The lowest BCUT2D eigenvalue weighted by molar-refractivity contribution is 0.0436. The molecule has 2 N–H and O–H groups in total. The number of piperidine rings is 1. The first-order chi connectivity index (χ1) is 7.84. The second-order valence-electron chi connectivity index (χ2n) is 5.20. The Morgan fingerprint density at radius 3 is 2.81 bits per heavy atom. The van der Waals surface area contributed by atoms with Crippen molar-refractivity contribution in [3.8, 4) is 0 Å². The van der Waals surface area contributed by atoms with Crippen LogP contribution in [0.2, 0.25) is 0 Å². The van der Waals surface area contributed by atoms with Crippen LogP contribution in [0.1, 0.15) is 31.4 Å². The third-order valence-electron chi connectivity index (χ3n) is 4.34. The monoisotopic (exact) mass is 219 g/mol. The average Bonchev–Trinajstić information content (AvgIpc) is 2.77. The zero-order valence-corrected chi connectivity index (χ0v) is 10.00. The van der Waals surface area contributed by atoms with Crippen molar-refractivity contribution in [3.05, 3.63) is 24.0 Å². The van der Waals surface area contributed by atoms with E-state index in [1.165, 1.54) is 38.0 Å². The van der Waals surface area contributed by atoms with E-state index in [4.69, 9.17) is 0 Å². The lowest BCUT2D eigenvalue weighted by Crippen LogP contribution is -2.59. The molecule has 0 saturated carbocycles. The summed E-state index contributed by atoms with van der Waals surface area (Å²) in [7, 11) is 0. The van der Waals surface area contributed by atoms with E-state index in [0.29, 0.717) is 11.5 Å². The van der Waals surface area contributed by atoms with Crippen LogP contribution in [-0.2, 0) is 6.54 Å². The van der Waals surface area contributed by atoms with E-state index in [0.717, 1.165) is 6.54 Å². The van der Waals surface area contributed by atoms with Gasteiger partial charge in [0.15, 0.2) is 0 Å². The Labute approximate surface area is 97.2 Å². The molecule has 1 spiro atoms. The van der Waals surface area contributed by atoms with Crippen LogP contribution in [0.25, 0.3) is 0 Å². The van der Waals surface area contributed by atoms with E-state index in [2.05, 4.69) is 40.6 Å². The quantitative estimate of drug-likeness (QED) is 0.789. The molecule has 2 aliphatic heterocycles. The number of nitrogens with zero attached hydrogens (tertiary/aromatic N) is 1. The van der Waals surface area contributed by atoms with Crippen molar-refractivity contribution in [1.29, 1.82) is 0 Å². The molecule has 0 radical (unpaired) electrons. The van der Waals surface area contributed by atoms with Crippen LogP contribution < -0.4 is 10.6 Å². The van der Waals surface area contributed by atoms with Crippen LogP contribution in [0.15, 0.2) is 18.5 Å². The summed E-state index contributed by atoms with van der Waals surface area (Å²) in [5, 5.41) is 7.08. The summed E-state index contributed by atoms with van der Waals surface area (Å²) in [6, 6.07) is 2.88. The molecule has 0 aliphatic carbocycles. The van der Waals surface area contributed by atoms with Gasteiger partial charge in [-0.3, -0.25) is 0 Å². The van der Waals surface area contributed by atoms with Gasteiger partial charge >= 0.3 is 0 Å². The van der Waals surface area contributed by atoms with E-state index in [1.807, 2.05) is 0 Å². The van der Waals surface area contributed by atoms with Gasteiger partial charge in [-0.25, -0.2) is 0 Å². The molecule has 3 heterocycles. The predicted octanol–water partition coefficient (Wildman–Crippen LogP) is 1.52. The molecule has 1 aromatic heterocycles. The maximum absolute atomic E-state index is 3.62. The molecule has 0 unspecified atom stereocenters. The maximum atomic E-state index is 3.62. The molecular formula is C13H21N3. The van der Waals surface area contributed by atoms with Crippen LogP contribution in [0.3, 0.4) is 0 Å². The molecule has 2 aliphatic rings. The van der Waals surface area contributed by atoms with Gasteiger partial charge < -0.3 is 15.2 Å². The van der Waals surface area contributed by atoms with Crippen LogP contribution in [-0.4, -0.2) is 24.2 Å². The summed E-state index contributed by atoms with van der Waals surface area (Å²) in [6.45, 7) is 6.84. The lowest BCUT2D eigenvalue weighted by atomic mass is 9.65. The number of hydrogen-bond donors (Lipinski definition) is 2. The minimum absolute atomic E-state index is 0.547. The number of hydrogen-bond acceptors (Lipinski definition) is 2. The Morgan fingerprint density at radius 1 is 1.44 bits per heavy atom. The fourth-order valence-corrected chi connectivity index (χ4v) is 3.18. The minimum Gasteiger partial charge on any atom is -0.354 e. The molecule has 1 aromatic rings. The predicted molar refractivity (Wildman–Crippen MR) is 65.4 cm³/mol. The van der Waals surface area contributed by atoms with Crippen molar-refractivity contribution in [3.63, 3.8) is 0 Å². The Morgan fingerprint density at radius 2 is 2.25 bits per heavy atom. The molecule has 0 bridgehead atoms. The average molecular weight is 219 g/mol. The highest BCUT2D eigenvalue weighted by Crippen LogP contribution is 2.47. The van der Waals surface area contributed by atoms with Gasteiger partial charge in [0.2, 0.25) is 0 Å². The highest BCUT2D eigenvalue weighted by Gasteiger charge is 2.47. The first-order valence-electron chi connectivity index (χ1n) is 6.44. The standard InChI is InChI=1S/C13H21N3/c1-2-16-8-3-11(9-16)12-13(10-15-12)4-6-14-7-5-13/h3,8-9,12,14-15H,2,4-7,10H2,1H3/t12-/m1/s1. The zero-order valence-electron chi connectivity index (χ0n) is 10.00. The zero-order chi connectivity index (χ0) is 11.0. The van der Waals surface area contributed by atoms with Crippen LogP contribution in [0, 0.1) is 5.41 Å². The summed E-state index contributed by atoms with van der Waals surface area (Å²) in [6.07, 6.45) is 7.15. The fourth-order valence-electron chi connectivity index (χ4n) is 3.18. The molecule has 3 heteroatoms. The van der Waals surface area contributed by atoms with Gasteiger partial charge in [-0.05, 0) is 44.5 Å². The van der Waals surface area contributed by atoms with E-state index >= 15 is 0 Å². The van der Waals surface area contributed by atoms with Crippen LogP contribution >= 0.6 is 0 Å². The van der Waals surface area contributed by atoms with E-state index in [-0.39, 0.29) is 0 Å². The van der Waals surface area contributed by atoms with E-state index in [1.54, 1.807) is 0 Å². The minimum atomic E-state index is 0.547. The van der Waals surface area contributed by atoms with Gasteiger partial charge in [-0.15, -0.1) is 0 Å². The topological polar surface area (TPSA) is 29.0 Å². The second-order valence-corrected chi connectivity index (χ2v) is 5.20. The van der Waals surface area contributed by atoms with Gasteiger partial charge in [0, 0.05) is 36.9 Å². The van der Waals surface area contributed by atoms with Crippen molar-refractivity contribution in [2.75, 3.05) is 19.6 Å². The summed E-state index contributed by atoms with van der Waals surface area (Å²) in [4.78, 5) is 0. The Hall–Kier alpha value is -0.800. The van der Waals surface area contributed by atoms with Crippen LogP contribution in [0.4, 0.5) is 0 Å². The number of rotatable bonds is 2. The summed E-state index contributed by atoms with van der Waals surface area (Å²) in [5.74, 6) is 0. The Kier molecular flexibility index (Phi) is 2.52. The van der Waals surface area contributed by atoms with Gasteiger partial charge in [0.1, 0.15) is 0 Å².